The molecule has 0 aromatic carbocycles. The maximum atomic E-state index is 11.2. The summed E-state index contributed by atoms with van der Waals surface area (Å²) in [6.45, 7) is 7.30. The van der Waals surface area contributed by atoms with Crippen LogP contribution in [0.4, 0.5) is 0 Å². The van der Waals surface area contributed by atoms with E-state index in [1.807, 2.05) is 0 Å². The molecule has 0 aromatic heterocycles. The minimum absolute atomic E-state index is 0.220. The van der Waals surface area contributed by atoms with Gasteiger partial charge in [-0.2, -0.15) is 0 Å². The third-order valence-corrected chi connectivity index (χ3v) is 6.46. The molecule has 0 unspecified atom stereocenters. The lowest BCUT2D eigenvalue weighted by Crippen LogP contribution is -2.42. The van der Waals surface area contributed by atoms with Gasteiger partial charge in [-0.25, -0.2) is 0 Å². The van der Waals surface area contributed by atoms with Crippen molar-refractivity contribution in [3.05, 3.63) is 0 Å². The Hall–Kier alpha value is -4.03. The maximum Gasteiger partial charge on any atom is 0.305 e. The summed E-state index contributed by atoms with van der Waals surface area (Å²) < 4.78 is 49.3. The number of esters is 7. The highest BCUT2D eigenvalue weighted by molar-refractivity contribution is 5.69. The van der Waals surface area contributed by atoms with E-state index < -0.39 is 122 Å². The number of aliphatic hydroxyl groups is 5. The van der Waals surface area contributed by atoms with Crippen LogP contribution in [0.15, 0.2) is 0 Å². The minimum atomic E-state index is -1.45. The van der Waals surface area contributed by atoms with Gasteiger partial charge in [0.15, 0.2) is 30.9 Å². The first kappa shape index (κ1) is 45.0. The van der Waals surface area contributed by atoms with Crippen LogP contribution >= 0.6 is 0 Å². The summed E-state index contributed by atoms with van der Waals surface area (Å²) in [7, 11) is 0. The van der Waals surface area contributed by atoms with E-state index in [-0.39, 0.29) is 13.2 Å². The first-order chi connectivity index (χ1) is 23.7. The summed E-state index contributed by atoms with van der Waals surface area (Å²) in [5, 5.41) is 44.6. The molecule has 0 aliphatic carbocycles. The van der Waals surface area contributed by atoms with Crippen molar-refractivity contribution in [3.63, 3.8) is 0 Å². The van der Waals surface area contributed by atoms with Gasteiger partial charge in [0, 0.05) is 48.5 Å². The third kappa shape index (κ3) is 15.4. The van der Waals surface area contributed by atoms with Gasteiger partial charge >= 0.3 is 41.8 Å². The average Bonchev–Trinajstić information content (AvgIpc) is 3.56. The Morgan fingerprint density at radius 3 is 1.18 bits per heavy atom. The Bertz CT molecular complexity index is 1210. The van der Waals surface area contributed by atoms with Crippen molar-refractivity contribution in [1.82, 2.24) is 0 Å². The van der Waals surface area contributed by atoms with Gasteiger partial charge in [0.25, 0.3) is 0 Å². The molecule has 0 aromatic rings. The van der Waals surface area contributed by atoms with Gasteiger partial charge in [0.2, 0.25) is 12.4 Å². The second-order valence-corrected chi connectivity index (χ2v) is 10.8. The van der Waals surface area contributed by atoms with Gasteiger partial charge in [-0.15, -0.1) is 0 Å². The molecule has 3 rings (SSSR count). The molecule has 3 aliphatic rings. The number of aliphatic hydroxyl groups excluding tert-OH is 5. The second-order valence-electron chi connectivity index (χ2n) is 10.8. The smallest absolute Gasteiger partial charge is 0.305 e. The van der Waals surface area contributed by atoms with Crippen LogP contribution in [0, 0.1) is 0 Å². The Labute approximate surface area is 290 Å². The molecule has 3 fully saturated rings. The van der Waals surface area contributed by atoms with Crippen LogP contribution in [0.3, 0.4) is 0 Å². The number of hydrogen-bond donors (Lipinski definition) is 5. The van der Waals surface area contributed by atoms with Crippen LogP contribution < -0.4 is 0 Å². The Morgan fingerprint density at radius 2 is 0.824 bits per heavy atom. The number of ether oxygens (including phenoxy) is 10. The normalized spacial score (nSPS) is 32.1. The molecule has 0 amide bonds. The summed E-state index contributed by atoms with van der Waals surface area (Å²) in [5.74, 6) is -4.39. The first-order valence-corrected chi connectivity index (χ1v) is 15.1. The van der Waals surface area contributed by atoms with Gasteiger partial charge in [-0.1, -0.05) is 0 Å². The third-order valence-electron chi connectivity index (χ3n) is 6.46. The van der Waals surface area contributed by atoms with Crippen molar-refractivity contribution < 1.29 is 106 Å². The van der Waals surface area contributed by atoms with Crippen LogP contribution in [-0.2, 0) is 80.9 Å². The van der Waals surface area contributed by atoms with E-state index in [1.54, 1.807) is 0 Å². The van der Waals surface area contributed by atoms with Crippen LogP contribution in [0.25, 0.3) is 0 Å². The zero-order chi connectivity index (χ0) is 39.2. The fourth-order valence-electron chi connectivity index (χ4n) is 4.51. The Balaban J connectivity index is 0.000000407. The molecule has 0 spiro atoms. The quantitative estimate of drug-likeness (QED) is 0.106. The van der Waals surface area contributed by atoms with E-state index in [0.717, 1.165) is 27.7 Å². The first-order valence-electron chi connectivity index (χ1n) is 15.1. The van der Waals surface area contributed by atoms with Crippen molar-refractivity contribution in [1.29, 1.82) is 0 Å². The van der Waals surface area contributed by atoms with Gasteiger partial charge < -0.3 is 72.9 Å². The van der Waals surface area contributed by atoms with Crippen LogP contribution in [0.2, 0.25) is 0 Å². The SMILES string of the molecule is CC(=O)OC[C@H]1O[C@@H](O)[C@H](OC(C)=O)[C@@H]1OC(C)=O.CC(=O)OC[C@H]1O[C@@H](OC(C)=O)[C@H](OC(C)=O)[C@@H]1OC(C)=O.OC[C@H]1O[C@@H](O)[C@H](O)[C@@H]1O. The van der Waals surface area contributed by atoms with Crippen LogP contribution in [0.1, 0.15) is 48.5 Å². The average molecular weight is 745 g/mol. The molecule has 292 valence electrons. The lowest BCUT2D eigenvalue weighted by atomic mass is 10.1. The fraction of sp³-hybridized carbons (Fsp3) is 0.759. The van der Waals surface area contributed by atoms with Gasteiger partial charge in [0.1, 0.15) is 43.7 Å². The van der Waals surface area contributed by atoms with E-state index in [0.29, 0.717) is 0 Å². The van der Waals surface area contributed by atoms with E-state index in [4.69, 9.17) is 63.1 Å². The number of rotatable bonds is 10. The lowest BCUT2D eigenvalue weighted by molar-refractivity contribution is -0.197. The molecule has 51 heavy (non-hydrogen) atoms. The monoisotopic (exact) mass is 744 g/mol. The topological polar surface area (TPSA) is 313 Å². The zero-order valence-corrected chi connectivity index (χ0v) is 28.7. The van der Waals surface area contributed by atoms with E-state index >= 15 is 0 Å². The Morgan fingerprint density at radius 1 is 0.451 bits per heavy atom. The van der Waals surface area contributed by atoms with Crippen LogP contribution in [-0.4, -0.2) is 161 Å². The van der Waals surface area contributed by atoms with Gasteiger partial charge in [-0.3, -0.25) is 33.6 Å². The lowest BCUT2D eigenvalue weighted by Gasteiger charge is -2.22. The molecular weight excluding hydrogens is 700 g/mol. The summed E-state index contributed by atoms with van der Waals surface area (Å²) >= 11 is 0. The summed E-state index contributed by atoms with van der Waals surface area (Å²) in [4.78, 5) is 77.1. The summed E-state index contributed by atoms with van der Waals surface area (Å²) in [5.41, 5.74) is 0. The highest BCUT2D eigenvalue weighted by atomic mass is 16.8. The molecule has 0 saturated carbocycles. The molecule has 22 nitrogen and oxygen atoms in total. The minimum Gasteiger partial charge on any atom is -0.463 e. The van der Waals surface area contributed by atoms with Crippen molar-refractivity contribution in [2.75, 3.05) is 19.8 Å². The van der Waals surface area contributed by atoms with Gasteiger partial charge in [0.05, 0.1) is 6.61 Å². The predicted octanol–water partition coefficient (Wildman–Crippen LogP) is -3.75. The molecular formula is C29H44O22. The van der Waals surface area contributed by atoms with Crippen molar-refractivity contribution in [3.8, 4) is 0 Å². The summed E-state index contributed by atoms with van der Waals surface area (Å²) in [6, 6.07) is 0. The highest BCUT2D eigenvalue weighted by Gasteiger charge is 2.52. The van der Waals surface area contributed by atoms with E-state index in [2.05, 4.69) is 4.74 Å². The fourth-order valence-corrected chi connectivity index (χ4v) is 4.51. The highest BCUT2D eigenvalue weighted by Crippen LogP contribution is 2.29. The molecule has 22 heteroatoms. The second kappa shape index (κ2) is 21.4. The Kier molecular flexibility index (Phi) is 18.8. The number of carbonyl (C=O) groups excluding carboxylic acids is 7. The molecule has 0 radical (unpaired) electrons. The predicted molar refractivity (Wildman–Crippen MR) is 157 cm³/mol. The molecule has 5 N–H and O–H groups in total. The standard InChI is InChI=1S/C13H18O9.C11H16O8.C5H10O5/c1-6(14)18-5-10-11(19-7(2)15)12(20-8(3)16)13(22-10)21-9(4)17;1-5(12)16-4-8-9(17-6(2)13)10(11(15)19-8)18-7(3)14;6-1-2-3(7)4(8)5(9)10-2/h10-13H,5H2,1-4H3;8-11,15H,4H2,1-3H3;2-9H,1H2/t10-,11-,12-,13-;8-,9-,10-,11-;2-,3-,4-,5-/m111/s1. The molecule has 3 saturated heterocycles. The number of carbonyl (C=O) groups is 7. The molecule has 3 aliphatic heterocycles. The summed E-state index contributed by atoms with van der Waals surface area (Å²) in [6.07, 6.45) is -13.7. The van der Waals surface area contributed by atoms with Crippen molar-refractivity contribution in [2.45, 2.75) is 122 Å². The van der Waals surface area contributed by atoms with Crippen molar-refractivity contribution >= 4 is 41.8 Å². The molecule has 3 heterocycles. The van der Waals surface area contributed by atoms with E-state index in [1.165, 1.54) is 20.8 Å². The zero-order valence-electron chi connectivity index (χ0n) is 28.7. The molecule has 0 bridgehead atoms. The molecule has 12 atom stereocenters. The van der Waals surface area contributed by atoms with Gasteiger partial charge in [-0.05, 0) is 0 Å². The van der Waals surface area contributed by atoms with E-state index in [9.17, 15) is 38.7 Å². The van der Waals surface area contributed by atoms with Crippen LogP contribution in [0.5, 0.6) is 0 Å². The number of hydrogen-bond acceptors (Lipinski definition) is 22. The van der Waals surface area contributed by atoms with Crippen molar-refractivity contribution in [2.24, 2.45) is 0 Å². The maximum absolute atomic E-state index is 11.2. The largest absolute Gasteiger partial charge is 0.463 e.